The summed E-state index contributed by atoms with van der Waals surface area (Å²) in [6.45, 7) is 2.74. The Morgan fingerprint density at radius 2 is 2.38 bits per heavy atom. The van der Waals surface area contributed by atoms with Crippen LogP contribution in [0.5, 0.6) is 0 Å². The Balaban J connectivity index is 2.18. The predicted molar refractivity (Wildman–Crippen MR) is 48.2 cm³/mol. The minimum Gasteiger partial charge on any atom is -0.465 e. The van der Waals surface area contributed by atoms with E-state index < -0.39 is 6.04 Å². The molecule has 1 rings (SSSR count). The SMILES string of the molecule is CCOC(=O)C(CO)NCC1CC1. The van der Waals surface area contributed by atoms with E-state index in [1.54, 1.807) is 6.92 Å². The van der Waals surface area contributed by atoms with Gasteiger partial charge in [0.1, 0.15) is 6.04 Å². The van der Waals surface area contributed by atoms with E-state index in [2.05, 4.69) is 5.32 Å². The molecule has 76 valence electrons. The first-order valence-corrected chi connectivity index (χ1v) is 4.78. The molecule has 0 aromatic carbocycles. The van der Waals surface area contributed by atoms with Crippen molar-refractivity contribution in [2.24, 2.45) is 5.92 Å². The van der Waals surface area contributed by atoms with E-state index in [-0.39, 0.29) is 12.6 Å². The summed E-state index contributed by atoms with van der Waals surface area (Å²) in [4.78, 5) is 11.2. The van der Waals surface area contributed by atoms with E-state index in [1.165, 1.54) is 12.8 Å². The highest BCUT2D eigenvalue weighted by Gasteiger charge is 2.24. The summed E-state index contributed by atoms with van der Waals surface area (Å²) >= 11 is 0. The number of esters is 1. The van der Waals surface area contributed by atoms with Gasteiger partial charge in [0.05, 0.1) is 13.2 Å². The maximum atomic E-state index is 11.2. The molecule has 1 aliphatic carbocycles. The lowest BCUT2D eigenvalue weighted by molar-refractivity contribution is -0.146. The van der Waals surface area contributed by atoms with Crippen molar-refractivity contribution in [1.29, 1.82) is 0 Å². The van der Waals surface area contributed by atoms with Crippen molar-refractivity contribution in [2.75, 3.05) is 19.8 Å². The number of hydrogen-bond acceptors (Lipinski definition) is 4. The molecule has 0 spiro atoms. The third-order valence-corrected chi connectivity index (χ3v) is 2.10. The third-order valence-electron chi connectivity index (χ3n) is 2.10. The van der Waals surface area contributed by atoms with E-state index in [4.69, 9.17) is 9.84 Å². The molecule has 1 fully saturated rings. The second-order valence-corrected chi connectivity index (χ2v) is 3.34. The molecule has 0 aromatic rings. The van der Waals surface area contributed by atoms with Crippen LogP contribution in [-0.4, -0.2) is 36.9 Å². The van der Waals surface area contributed by atoms with Gasteiger partial charge < -0.3 is 15.2 Å². The topological polar surface area (TPSA) is 58.6 Å². The van der Waals surface area contributed by atoms with Gasteiger partial charge >= 0.3 is 5.97 Å². The summed E-state index contributed by atoms with van der Waals surface area (Å²) in [6.07, 6.45) is 2.46. The van der Waals surface area contributed by atoms with Crippen LogP contribution in [0.1, 0.15) is 19.8 Å². The smallest absolute Gasteiger partial charge is 0.325 e. The number of nitrogens with one attached hydrogen (secondary N) is 1. The van der Waals surface area contributed by atoms with Gasteiger partial charge in [0.15, 0.2) is 0 Å². The summed E-state index contributed by atoms with van der Waals surface area (Å²) in [6, 6.07) is -0.541. The maximum absolute atomic E-state index is 11.2. The zero-order valence-electron chi connectivity index (χ0n) is 7.95. The monoisotopic (exact) mass is 187 g/mol. The fourth-order valence-electron chi connectivity index (χ4n) is 1.10. The molecular weight excluding hydrogens is 170 g/mol. The lowest BCUT2D eigenvalue weighted by Gasteiger charge is -2.13. The first-order chi connectivity index (χ1) is 6.27. The average molecular weight is 187 g/mol. The number of carbonyl (C=O) groups is 1. The standard InChI is InChI=1S/C9H17NO3/c1-2-13-9(12)8(6-11)10-5-7-3-4-7/h7-8,10-11H,2-6H2,1H3. The van der Waals surface area contributed by atoms with Gasteiger partial charge in [0.2, 0.25) is 0 Å². The number of ether oxygens (including phenoxy) is 1. The Labute approximate surface area is 78.3 Å². The second kappa shape index (κ2) is 5.19. The average Bonchev–Trinajstić information content (AvgIpc) is 2.89. The van der Waals surface area contributed by atoms with Crippen molar-refractivity contribution in [2.45, 2.75) is 25.8 Å². The van der Waals surface area contributed by atoms with Gasteiger partial charge in [0, 0.05) is 0 Å². The molecule has 0 bridgehead atoms. The van der Waals surface area contributed by atoms with E-state index in [0.29, 0.717) is 12.5 Å². The van der Waals surface area contributed by atoms with Crippen LogP contribution >= 0.6 is 0 Å². The summed E-state index contributed by atoms with van der Waals surface area (Å²) in [5.41, 5.74) is 0. The molecule has 0 heterocycles. The van der Waals surface area contributed by atoms with E-state index >= 15 is 0 Å². The summed E-state index contributed by atoms with van der Waals surface area (Å²) in [5.74, 6) is 0.342. The highest BCUT2D eigenvalue weighted by atomic mass is 16.5. The van der Waals surface area contributed by atoms with Crippen molar-refractivity contribution in [3.8, 4) is 0 Å². The molecule has 0 amide bonds. The number of rotatable bonds is 6. The van der Waals surface area contributed by atoms with Gasteiger partial charge in [-0.2, -0.15) is 0 Å². The van der Waals surface area contributed by atoms with Gasteiger partial charge in [-0.05, 0) is 32.2 Å². The molecule has 0 radical (unpaired) electrons. The second-order valence-electron chi connectivity index (χ2n) is 3.34. The molecule has 4 nitrogen and oxygen atoms in total. The molecule has 4 heteroatoms. The van der Waals surface area contributed by atoms with Gasteiger partial charge in [0.25, 0.3) is 0 Å². The lowest BCUT2D eigenvalue weighted by atomic mass is 10.3. The van der Waals surface area contributed by atoms with Crippen LogP contribution in [-0.2, 0) is 9.53 Å². The molecule has 1 aliphatic rings. The van der Waals surface area contributed by atoms with Crippen LogP contribution < -0.4 is 5.32 Å². The summed E-state index contributed by atoms with van der Waals surface area (Å²) < 4.78 is 4.79. The molecule has 0 saturated heterocycles. The minimum absolute atomic E-state index is 0.189. The van der Waals surface area contributed by atoms with E-state index in [0.717, 1.165) is 6.54 Å². The number of hydrogen-bond donors (Lipinski definition) is 2. The Hall–Kier alpha value is -0.610. The van der Waals surface area contributed by atoms with Crippen LogP contribution in [0.4, 0.5) is 0 Å². The molecule has 0 aliphatic heterocycles. The highest BCUT2D eigenvalue weighted by Crippen LogP contribution is 2.27. The molecule has 1 atom stereocenters. The highest BCUT2D eigenvalue weighted by molar-refractivity contribution is 5.75. The number of carbonyl (C=O) groups excluding carboxylic acids is 1. The lowest BCUT2D eigenvalue weighted by Crippen LogP contribution is -2.41. The van der Waals surface area contributed by atoms with E-state index in [1.807, 2.05) is 0 Å². The van der Waals surface area contributed by atoms with Crippen LogP contribution in [0.15, 0.2) is 0 Å². The first-order valence-electron chi connectivity index (χ1n) is 4.78. The van der Waals surface area contributed by atoms with Crippen LogP contribution in [0, 0.1) is 5.92 Å². The molecular formula is C9H17NO3. The normalized spacial score (nSPS) is 18.3. The Morgan fingerprint density at radius 3 is 2.85 bits per heavy atom. The zero-order chi connectivity index (χ0) is 9.68. The summed E-state index contributed by atoms with van der Waals surface area (Å²) in [5, 5.41) is 11.9. The zero-order valence-corrected chi connectivity index (χ0v) is 7.95. The summed E-state index contributed by atoms with van der Waals surface area (Å²) in [7, 11) is 0. The largest absolute Gasteiger partial charge is 0.465 e. The van der Waals surface area contributed by atoms with Gasteiger partial charge in [-0.3, -0.25) is 4.79 Å². The van der Waals surface area contributed by atoms with E-state index in [9.17, 15) is 4.79 Å². The first kappa shape index (κ1) is 10.5. The Morgan fingerprint density at radius 1 is 1.69 bits per heavy atom. The van der Waals surface area contributed by atoms with Crippen LogP contribution in [0.2, 0.25) is 0 Å². The number of aliphatic hydroxyl groups excluding tert-OH is 1. The van der Waals surface area contributed by atoms with Crippen LogP contribution in [0.3, 0.4) is 0 Å². The van der Waals surface area contributed by atoms with Crippen molar-refractivity contribution in [1.82, 2.24) is 5.32 Å². The van der Waals surface area contributed by atoms with Crippen LogP contribution in [0.25, 0.3) is 0 Å². The van der Waals surface area contributed by atoms with Crippen molar-refractivity contribution < 1.29 is 14.6 Å². The van der Waals surface area contributed by atoms with Gasteiger partial charge in [-0.15, -0.1) is 0 Å². The van der Waals surface area contributed by atoms with Crippen molar-refractivity contribution in [3.05, 3.63) is 0 Å². The van der Waals surface area contributed by atoms with Crippen molar-refractivity contribution in [3.63, 3.8) is 0 Å². The predicted octanol–water partition coefficient (Wildman–Crippen LogP) is -0.0900. The molecule has 0 aromatic heterocycles. The quantitative estimate of drug-likeness (QED) is 0.571. The molecule has 2 N–H and O–H groups in total. The van der Waals surface area contributed by atoms with Gasteiger partial charge in [-0.25, -0.2) is 0 Å². The minimum atomic E-state index is -0.541. The fraction of sp³-hybridized carbons (Fsp3) is 0.889. The molecule has 1 saturated carbocycles. The van der Waals surface area contributed by atoms with Gasteiger partial charge in [-0.1, -0.05) is 0 Å². The molecule has 13 heavy (non-hydrogen) atoms. The number of aliphatic hydroxyl groups is 1. The Kier molecular flexibility index (Phi) is 4.18. The maximum Gasteiger partial charge on any atom is 0.325 e. The fourth-order valence-corrected chi connectivity index (χ4v) is 1.10. The molecule has 1 unspecified atom stereocenters. The third kappa shape index (κ3) is 3.74. The van der Waals surface area contributed by atoms with Crippen molar-refractivity contribution >= 4 is 5.97 Å². The Bertz CT molecular complexity index is 168.